The van der Waals surface area contributed by atoms with E-state index in [2.05, 4.69) is 24.9 Å². The number of aromatic amines is 1. The minimum Gasteiger partial charge on any atom is -0.492 e. The van der Waals surface area contributed by atoms with Crippen molar-refractivity contribution < 1.29 is 59.7 Å². The maximum atomic E-state index is 13.3. The maximum Gasteiger partial charge on any atom is 0.491 e. The van der Waals surface area contributed by atoms with Crippen LogP contribution in [0.3, 0.4) is 0 Å². The number of amides is 1. The van der Waals surface area contributed by atoms with Crippen LogP contribution in [0, 0.1) is 20.8 Å². The van der Waals surface area contributed by atoms with Gasteiger partial charge in [0.15, 0.2) is 5.75 Å². The number of esters is 2. The van der Waals surface area contributed by atoms with Crippen molar-refractivity contribution in [1.29, 1.82) is 0 Å². The van der Waals surface area contributed by atoms with Crippen molar-refractivity contribution in [2.24, 2.45) is 0 Å². The molecule has 13 nitrogen and oxygen atoms in total. The molecule has 2 aromatic heterocycles. The lowest BCUT2D eigenvalue weighted by molar-refractivity contribution is -0.205. The summed E-state index contributed by atoms with van der Waals surface area (Å²) in [7, 11) is 0. The molecular formula is C37H39F6N5O8S2. The number of rotatable bonds is 12. The highest BCUT2D eigenvalue weighted by Crippen LogP contribution is 2.36. The molecule has 2 aromatic carbocycles. The summed E-state index contributed by atoms with van der Waals surface area (Å²) in [6.07, 6.45) is -10.9. The number of nitrogens with zero attached hydrogens (tertiary/aromatic N) is 3. The van der Waals surface area contributed by atoms with Crippen LogP contribution in [0.4, 0.5) is 26.3 Å². The van der Waals surface area contributed by atoms with Crippen LogP contribution in [0.15, 0.2) is 34.4 Å². The summed E-state index contributed by atoms with van der Waals surface area (Å²) in [6, 6.07) is 5.57. The van der Waals surface area contributed by atoms with E-state index in [0.717, 1.165) is 59.8 Å². The van der Waals surface area contributed by atoms with Crippen molar-refractivity contribution in [3.8, 4) is 11.5 Å². The second kappa shape index (κ2) is 17.3. The van der Waals surface area contributed by atoms with Gasteiger partial charge in [0.25, 0.3) is 5.91 Å². The number of hydrogen-bond acceptors (Lipinski definition) is 13. The monoisotopic (exact) mass is 859 g/mol. The summed E-state index contributed by atoms with van der Waals surface area (Å²) in [5.74, 6) is -5.22. The minimum atomic E-state index is -5.38. The SMILES string of the molecule is Cc1nc(C(=O)N2CCOC3(CCN(CCOc4cc(C)c(CNC[C@H](OC(=O)C(F)(F)F)c5ccc(OC(=O)C(F)(F)F)c6[nH]c(=O)sc56)cc4C)CC3)C2)cs1. The molecule has 1 amide bonds. The van der Waals surface area contributed by atoms with E-state index >= 15 is 0 Å². The summed E-state index contributed by atoms with van der Waals surface area (Å²) >= 11 is 1.87. The number of aromatic nitrogens is 2. The number of morpholine rings is 1. The van der Waals surface area contributed by atoms with Crippen molar-refractivity contribution in [1.82, 2.24) is 25.1 Å². The Labute approximate surface area is 335 Å². The molecule has 1 spiro atoms. The normalized spacial score (nSPS) is 16.7. The highest BCUT2D eigenvalue weighted by atomic mass is 32.1. The van der Waals surface area contributed by atoms with E-state index in [1.807, 2.05) is 37.8 Å². The first kappa shape index (κ1) is 43.0. The van der Waals surface area contributed by atoms with Crippen molar-refractivity contribution in [3.63, 3.8) is 0 Å². The van der Waals surface area contributed by atoms with Gasteiger partial charge in [0, 0.05) is 50.2 Å². The van der Waals surface area contributed by atoms with E-state index in [-0.39, 0.29) is 28.2 Å². The highest BCUT2D eigenvalue weighted by Gasteiger charge is 2.44. The Morgan fingerprint density at radius 3 is 2.40 bits per heavy atom. The molecule has 2 saturated heterocycles. The molecule has 0 aliphatic carbocycles. The number of carbonyl (C=O) groups excluding carboxylic acids is 3. The van der Waals surface area contributed by atoms with Gasteiger partial charge in [0.1, 0.15) is 29.7 Å². The summed E-state index contributed by atoms with van der Waals surface area (Å²) in [5, 5.41) is 5.60. The summed E-state index contributed by atoms with van der Waals surface area (Å²) in [6.45, 7) is 9.36. The largest absolute Gasteiger partial charge is 0.492 e. The molecule has 314 valence electrons. The van der Waals surface area contributed by atoms with Crippen LogP contribution >= 0.6 is 22.7 Å². The Kier molecular flexibility index (Phi) is 12.9. The quantitative estimate of drug-likeness (QED) is 0.102. The first-order valence-corrected chi connectivity index (χ1v) is 19.8. The second-order valence-electron chi connectivity index (χ2n) is 14.0. The molecule has 0 bridgehead atoms. The lowest BCUT2D eigenvalue weighted by atomic mass is 9.89. The predicted molar refractivity (Wildman–Crippen MR) is 199 cm³/mol. The van der Waals surface area contributed by atoms with E-state index in [9.17, 15) is 45.5 Å². The smallest absolute Gasteiger partial charge is 0.491 e. The Balaban J connectivity index is 1.04. The van der Waals surface area contributed by atoms with E-state index in [0.29, 0.717) is 55.6 Å². The maximum absolute atomic E-state index is 13.3. The number of piperidine rings is 1. The number of aryl methyl sites for hydroxylation is 3. The van der Waals surface area contributed by atoms with Gasteiger partial charge >= 0.3 is 29.2 Å². The van der Waals surface area contributed by atoms with Crippen LogP contribution in [0.1, 0.15) is 56.7 Å². The molecule has 58 heavy (non-hydrogen) atoms. The third-order valence-electron chi connectivity index (χ3n) is 9.92. The van der Waals surface area contributed by atoms with Gasteiger partial charge in [-0.05, 0) is 68.5 Å². The number of hydrogen-bond donors (Lipinski definition) is 2. The Morgan fingerprint density at radius 1 is 1.00 bits per heavy atom. The van der Waals surface area contributed by atoms with Crippen LogP contribution in [0.5, 0.6) is 11.5 Å². The van der Waals surface area contributed by atoms with Crippen LogP contribution in [-0.2, 0) is 25.6 Å². The molecular weight excluding hydrogens is 821 g/mol. The average Bonchev–Trinajstić information content (AvgIpc) is 3.78. The number of benzene rings is 2. The zero-order valence-electron chi connectivity index (χ0n) is 31.4. The molecule has 0 radical (unpaired) electrons. The minimum absolute atomic E-state index is 0.0742. The van der Waals surface area contributed by atoms with E-state index in [1.54, 1.807) is 5.38 Å². The van der Waals surface area contributed by atoms with Crippen LogP contribution < -0.4 is 19.7 Å². The first-order valence-electron chi connectivity index (χ1n) is 18.1. The zero-order valence-corrected chi connectivity index (χ0v) is 33.1. The molecule has 2 N–H and O–H groups in total. The van der Waals surface area contributed by atoms with Gasteiger partial charge in [0.05, 0.1) is 28.5 Å². The van der Waals surface area contributed by atoms with Gasteiger partial charge in [-0.2, -0.15) is 26.3 Å². The fourth-order valence-corrected chi connectivity index (χ4v) is 8.38. The third kappa shape index (κ3) is 10.2. The number of H-pyrrole nitrogens is 1. The van der Waals surface area contributed by atoms with Crippen molar-refractivity contribution in [2.75, 3.05) is 52.5 Å². The number of nitrogens with one attached hydrogen (secondary N) is 2. The van der Waals surface area contributed by atoms with Crippen LogP contribution in [-0.4, -0.2) is 108 Å². The Morgan fingerprint density at radius 2 is 1.72 bits per heavy atom. The number of fused-ring (bicyclic) bond motifs is 1. The van der Waals surface area contributed by atoms with Gasteiger partial charge in [-0.25, -0.2) is 14.6 Å². The number of likely N-dealkylation sites (tertiary alicyclic amines) is 1. The van der Waals surface area contributed by atoms with Crippen LogP contribution in [0.2, 0.25) is 0 Å². The lowest BCUT2D eigenvalue weighted by Gasteiger charge is -2.47. The molecule has 1 atom stereocenters. The molecule has 6 rings (SSSR count). The third-order valence-corrected chi connectivity index (χ3v) is 11.6. The van der Waals surface area contributed by atoms with Gasteiger partial charge in [-0.15, -0.1) is 11.3 Å². The number of halogens is 6. The zero-order chi connectivity index (χ0) is 42.0. The van der Waals surface area contributed by atoms with Gasteiger partial charge in [-0.3, -0.25) is 14.5 Å². The van der Waals surface area contributed by atoms with Crippen molar-refractivity contribution in [2.45, 2.75) is 64.2 Å². The molecule has 2 aliphatic rings. The molecule has 0 unspecified atom stereocenters. The van der Waals surface area contributed by atoms with Crippen molar-refractivity contribution in [3.05, 3.63) is 72.3 Å². The standard InChI is InChI=1S/C37H39F6N5O8S2/c1-20-15-27(53-12-10-47-8-6-35(7-9-47)19-48(11-13-54-35)31(49)25-18-57-22(3)45-25)21(2)14-23(20)16-44-17-28(56-33(51)37(41,42)43)24-4-5-26(55-32(50)36(38,39)40)29-30(24)58-34(52)46-29/h4-5,14-15,18,28,44H,6-13,16-17,19H2,1-3H3,(H,46,52)/t28-/m0/s1. The van der Waals surface area contributed by atoms with E-state index in [1.165, 1.54) is 11.3 Å². The molecule has 2 fully saturated rings. The molecule has 0 saturated carbocycles. The van der Waals surface area contributed by atoms with Gasteiger partial charge < -0.3 is 34.1 Å². The predicted octanol–water partition coefficient (Wildman–Crippen LogP) is 5.76. The molecule has 4 aromatic rings. The number of carbonyl (C=O) groups is 3. The van der Waals surface area contributed by atoms with E-state index in [4.69, 9.17) is 14.2 Å². The Hall–Kier alpha value is -4.57. The second-order valence-corrected chi connectivity index (χ2v) is 16.1. The first-order chi connectivity index (χ1) is 27.3. The summed E-state index contributed by atoms with van der Waals surface area (Å²) in [5.41, 5.74) is 1.88. The number of alkyl halides is 6. The van der Waals surface area contributed by atoms with E-state index < -0.39 is 53.2 Å². The fourth-order valence-electron chi connectivity index (χ4n) is 6.88. The topological polar surface area (TPSA) is 152 Å². The van der Waals surface area contributed by atoms with Crippen LogP contribution in [0.25, 0.3) is 10.2 Å². The molecule has 21 heteroatoms. The number of thiazole rings is 2. The Bertz CT molecular complexity index is 2210. The van der Waals surface area contributed by atoms with Gasteiger partial charge in [-0.1, -0.05) is 17.4 Å². The molecule has 4 heterocycles. The highest BCUT2D eigenvalue weighted by molar-refractivity contribution is 7.16. The average molecular weight is 860 g/mol. The summed E-state index contributed by atoms with van der Waals surface area (Å²) < 4.78 is 99.9. The fraction of sp³-hybridized carbons (Fsp3) is 0.486. The lowest BCUT2D eigenvalue weighted by Crippen LogP contribution is -2.58. The van der Waals surface area contributed by atoms with Gasteiger partial charge in [0.2, 0.25) is 0 Å². The van der Waals surface area contributed by atoms with Crippen molar-refractivity contribution >= 4 is 50.7 Å². The molecule has 2 aliphatic heterocycles. The number of ether oxygens (including phenoxy) is 4. The summed E-state index contributed by atoms with van der Waals surface area (Å²) in [4.78, 5) is 58.5.